The average molecular weight is 1410 g/mol. The van der Waals surface area contributed by atoms with E-state index in [2.05, 4.69) is 186 Å². The van der Waals surface area contributed by atoms with Crippen molar-refractivity contribution in [3.8, 4) is 0 Å². The van der Waals surface area contributed by atoms with Gasteiger partial charge >= 0.3 is 5.82 Å². The van der Waals surface area contributed by atoms with Gasteiger partial charge in [-0.3, -0.25) is 0 Å². The van der Waals surface area contributed by atoms with E-state index >= 15 is 0 Å². The summed E-state index contributed by atoms with van der Waals surface area (Å²) >= 11 is 0. The largest absolute Gasteiger partial charge is 0.394 e. The predicted octanol–water partition coefficient (Wildman–Crippen LogP) is -17.4. The van der Waals surface area contributed by atoms with Crippen molar-refractivity contribution in [3.05, 3.63) is 69.9 Å². The van der Waals surface area contributed by atoms with Crippen LogP contribution in [0.15, 0.2) is 0 Å². The van der Waals surface area contributed by atoms with E-state index in [9.17, 15) is 25.5 Å². The quantitative estimate of drug-likeness (QED) is 0.0162. The van der Waals surface area contributed by atoms with Gasteiger partial charge in [-0.25, -0.2) is 28.1 Å². The highest BCUT2D eigenvalue weighted by Crippen LogP contribution is 2.29. The second-order valence-electron chi connectivity index (χ2n) is 19.5. The molecule has 12 aromatic rings. The first-order chi connectivity index (χ1) is 49.1. The first-order valence-corrected chi connectivity index (χ1v) is 29.7. The summed E-state index contributed by atoms with van der Waals surface area (Å²) < 4.78 is 8.32. The number of rotatable bonds is 36. The van der Waals surface area contributed by atoms with Gasteiger partial charge in [0.25, 0.3) is 0 Å². The van der Waals surface area contributed by atoms with Crippen molar-refractivity contribution in [3.63, 3.8) is 0 Å². The molecule has 0 aliphatic heterocycles. The van der Waals surface area contributed by atoms with E-state index < -0.39 is 23.7 Å². The zero-order chi connectivity index (χ0) is 70.6. The van der Waals surface area contributed by atoms with E-state index in [0.717, 1.165) is 0 Å². The van der Waals surface area contributed by atoms with Gasteiger partial charge in [0.15, 0.2) is 76.5 Å². The topological polar surface area (TPSA) is 768 Å². The van der Waals surface area contributed by atoms with E-state index in [1.165, 1.54) is 56.9 Å². The number of hydrogen-bond acceptors (Lipinski definition) is 47. The van der Waals surface area contributed by atoms with Crippen LogP contribution >= 0.6 is 0 Å². The van der Waals surface area contributed by atoms with E-state index in [-0.39, 0.29) is 193 Å². The molecule has 0 radical (unpaired) electrons. The minimum absolute atomic E-state index is 0.111. The molecular weight excluding hydrogens is 1340 g/mol. The molecular formula is C40H65N48O12+. The SMILES string of the molecule is OCCn1nnc(C(c2nnn(CCO)n2)c2n[nH][n+](CCO)n2)n1.OCCn1nnc(C(c2nnn(CCO)n2)c2nnnn2CCO)n1.OCCn1nnc(C(c2nnnn2CCO)c2nnnn2CCO)n1.OCCn1nnnc1C(c1nnnn1CCO)c1nnnn1CCO. The molecule has 0 aliphatic rings. The fourth-order valence-corrected chi connectivity index (χ4v) is 8.79. The molecule has 0 fully saturated rings. The zero-order valence-electron chi connectivity index (χ0n) is 52.2. The van der Waals surface area contributed by atoms with Crippen LogP contribution in [-0.2, 0) is 78.5 Å². The smallest absolute Gasteiger partial charge is 0.326 e. The highest BCUT2D eigenvalue weighted by molar-refractivity contribution is 5.23. The van der Waals surface area contributed by atoms with Gasteiger partial charge in [0, 0.05) is 0 Å². The van der Waals surface area contributed by atoms with Gasteiger partial charge < -0.3 is 61.3 Å². The third-order valence-corrected chi connectivity index (χ3v) is 13.0. The van der Waals surface area contributed by atoms with Gasteiger partial charge in [-0.1, -0.05) is 4.80 Å². The maximum absolute atomic E-state index is 9.21. The van der Waals surface area contributed by atoms with Gasteiger partial charge in [0.05, 0.1) is 156 Å². The van der Waals surface area contributed by atoms with Gasteiger partial charge in [0.1, 0.15) is 17.8 Å². The summed E-state index contributed by atoms with van der Waals surface area (Å²) in [5.74, 6) is 0.191. The summed E-state index contributed by atoms with van der Waals surface area (Å²) in [7, 11) is 0. The molecule has 0 bridgehead atoms. The minimum atomic E-state index is -0.776. The molecule has 12 aromatic heterocycles. The molecule has 100 heavy (non-hydrogen) atoms. The summed E-state index contributed by atoms with van der Waals surface area (Å²) in [6, 6.07) is 0. The molecule has 60 nitrogen and oxygen atoms in total. The Morgan fingerprint density at radius 3 is 0.750 bits per heavy atom. The number of hydrogen-bond donors (Lipinski definition) is 13. The normalized spacial score (nSPS) is 11.5. The average Bonchev–Trinajstić information content (AvgIpc) is 1.65. The van der Waals surface area contributed by atoms with Gasteiger partial charge in [0.2, 0.25) is 0 Å². The Hall–Kier alpha value is -11.6. The molecule has 536 valence electrons. The third-order valence-electron chi connectivity index (χ3n) is 13.0. The van der Waals surface area contributed by atoms with Crippen LogP contribution in [0.2, 0.25) is 0 Å². The molecule has 12 rings (SSSR count). The minimum Gasteiger partial charge on any atom is -0.394 e. The molecule has 0 saturated heterocycles. The number of aliphatic hydroxyl groups is 12. The summed E-state index contributed by atoms with van der Waals surface area (Å²) in [5, 5.41) is 249. The van der Waals surface area contributed by atoms with Crippen LogP contribution < -0.4 is 4.80 Å². The van der Waals surface area contributed by atoms with Crippen LogP contribution in [0.3, 0.4) is 0 Å². The van der Waals surface area contributed by atoms with Crippen LogP contribution in [0.25, 0.3) is 0 Å². The Balaban J connectivity index is 0.000000156. The highest BCUT2D eigenvalue weighted by Gasteiger charge is 2.38. The number of aliphatic hydroxyl groups excluding tert-OH is 12. The van der Waals surface area contributed by atoms with Crippen molar-refractivity contribution in [1.82, 2.24) is 238 Å². The van der Waals surface area contributed by atoms with Gasteiger partial charge in [-0.05, 0) is 98.9 Å². The van der Waals surface area contributed by atoms with E-state index in [0.29, 0.717) is 34.9 Å². The number of nitrogens with zero attached hydrogens (tertiary/aromatic N) is 47. The standard InChI is InChI=1S/4C10H16N12O3/c23-4-1-20-8(11-14-17-20)7(9-12-15-18-21(9)2-5-24)10-13-16-19-22(10)3-6-25;23-4-1-20-9(12-15-18-20)7(8-11-17-22(14-8)3-6-25)10-13-16-19-21(10)2-5-24;23-4-1-20-10(13-16-19-20)7(8-11-17-21(14-8)2-5-24)9-12-18-22(15-9)3-6-25;23-4-1-20-14-8(11-17-20)7(9-12-18-21(15-9)2-5-24)10-13-19-22(16-10)3-6-25/h4*7,23-25H,1-6H2/p+1. The van der Waals surface area contributed by atoms with Crippen molar-refractivity contribution >= 4 is 0 Å². The summed E-state index contributed by atoms with van der Waals surface area (Å²) in [6.45, 7) is 0.207. The first-order valence-electron chi connectivity index (χ1n) is 29.7. The summed E-state index contributed by atoms with van der Waals surface area (Å²) in [6.07, 6.45) is 0. The van der Waals surface area contributed by atoms with Crippen molar-refractivity contribution in [1.29, 1.82) is 0 Å². The van der Waals surface area contributed by atoms with E-state index in [1.54, 1.807) is 0 Å². The molecule has 0 atom stereocenters. The van der Waals surface area contributed by atoms with Crippen LogP contribution in [0.1, 0.15) is 93.6 Å². The maximum Gasteiger partial charge on any atom is 0.326 e. The first kappa shape index (κ1) is 72.6. The fourth-order valence-electron chi connectivity index (χ4n) is 8.79. The lowest BCUT2D eigenvalue weighted by atomic mass is 10.1. The third kappa shape index (κ3) is 18.1. The molecule has 13 N–H and O–H groups in total. The second kappa shape index (κ2) is 37.2. The Morgan fingerprint density at radius 1 is 0.250 bits per heavy atom. The Kier molecular flexibility index (Phi) is 27.0. The van der Waals surface area contributed by atoms with Crippen molar-refractivity contribution in [2.24, 2.45) is 0 Å². The second-order valence-corrected chi connectivity index (χ2v) is 19.5. The highest BCUT2D eigenvalue weighted by atomic mass is 16.3. The van der Waals surface area contributed by atoms with Crippen molar-refractivity contribution in [2.75, 3.05) is 79.3 Å². The van der Waals surface area contributed by atoms with Crippen LogP contribution in [0, 0.1) is 0 Å². The Bertz CT molecular complexity index is 3950. The van der Waals surface area contributed by atoms with Gasteiger partial charge in [-0.2, -0.15) is 24.0 Å². The fraction of sp³-hybridized carbons (Fsp3) is 0.700. The Morgan fingerprint density at radius 2 is 0.490 bits per heavy atom. The van der Waals surface area contributed by atoms with E-state index in [4.69, 9.17) is 35.7 Å². The predicted molar refractivity (Wildman–Crippen MR) is 301 cm³/mol. The lowest BCUT2D eigenvalue weighted by Gasteiger charge is -2.15. The lowest BCUT2D eigenvalue weighted by Crippen LogP contribution is -2.41. The number of nitrogens with one attached hydrogen (secondary N) is 1. The van der Waals surface area contributed by atoms with Crippen molar-refractivity contribution in [2.45, 2.75) is 102 Å². The molecule has 0 saturated carbocycles. The maximum atomic E-state index is 9.21. The number of tetrazole rings is 12. The molecule has 0 unspecified atom stereocenters. The molecule has 60 heteroatoms. The molecule has 0 aromatic carbocycles. The number of H-pyrrole nitrogens is 1. The number of aromatic nitrogens is 48. The Labute approximate surface area is 554 Å². The summed E-state index contributed by atoms with van der Waals surface area (Å²) in [5.41, 5.74) is 0. The molecule has 0 amide bonds. The monoisotopic (exact) mass is 1410 g/mol. The van der Waals surface area contributed by atoms with Crippen LogP contribution in [0.5, 0.6) is 0 Å². The van der Waals surface area contributed by atoms with Crippen LogP contribution in [-0.4, -0.2) is 378 Å². The summed E-state index contributed by atoms with van der Waals surface area (Å²) in [4.78, 5) is 7.48. The zero-order valence-corrected chi connectivity index (χ0v) is 52.2. The van der Waals surface area contributed by atoms with Gasteiger partial charge in [-0.15, -0.1) is 81.6 Å². The number of aromatic amines is 1. The van der Waals surface area contributed by atoms with E-state index in [1.807, 2.05) is 0 Å². The molecule has 0 spiro atoms. The van der Waals surface area contributed by atoms with Crippen molar-refractivity contribution < 1.29 is 66.1 Å². The molecule has 12 heterocycles. The van der Waals surface area contributed by atoms with Crippen LogP contribution in [0.4, 0.5) is 0 Å². The molecule has 0 aliphatic carbocycles. The lowest BCUT2D eigenvalue weighted by molar-refractivity contribution is -0.806.